The van der Waals surface area contributed by atoms with E-state index in [0.29, 0.717) is 0 Å². The first kappa shape index (κ1) is 33.4. The fourth-order valence-corrected chi connectivity index (χ4v) is 10.3. The van der Waals surface area contributed by atoms with Gasteiger partial charge in [-0.1, -0.05) is 141 Å². The van der Waals surface area contributed by atoms with Gasteiger partial charge in [0.15, 0.2) is 5.60 Å². The molecule has 1 spiro atoms. The molecular formula is C51H49NO2. The Bertz CT molecular complexity index is 2380. The largest absolute Gasteiger partial charge is 0.472 e. The van der Waals surface area contributed by atoms with Crippen LogP contribution in [-0.4, -0.2) is 26.3 Å². The van der Waals surface area contributed by atoms with E-state index in [4.69, 9.17) is 9.47 Å². The molecule has 3 nitrogen and oxygen atoms in total. The molecule has 1 unspecified atom stereocenters. The second kappa shape index (κ2) is 13.3. The fourth-order valence-electron chi connectivity index (χ4n) is 10.3. The first-order valence-corrected chi connectivity index (χ1v) is 20.2. The summed E-state index contributed by atoms with van der Waals surface area (Å²) >= 11 is 0. The van der Waals surface area contributed by atoms with Gasteiger partial charge in [0.05, 0.1) is 13.2 Å². The molecule has 0 bridgehead atoms. The zero-order valence-corrected chi connectivity index (χ0v) is 31.7. The van der Waals surface area contributed by atoms with E-state index < -0.39 is 5.60 Å². The maximum absolute atomic E-state index is 7.83. The molecule has 6 aromatic rings. The number of ether oxygens (including phenoxy) is 2. The summed E-state index contributed by atoms with van der Waals surface area (Å²) in [5.41, 5.74) is 14.9. The smallest absolute Gasteiger partial charge is 0.178 e. The van der Waals surface area contributed by atoms with Crippen LogP contribution in [0.2, 0.25) is 0 Å². The minimum absolute atomic E-state index is 0.0333. The topological polar surface area (TPSA) is 21.7 Å². The molecule has 3 heteroatoms. The molecular weight excluding hydrogens is 659 g/mol. The molecule has 0 amide bonds. The SMILES string of the molecule is Cc1ccc(-c2cc3c4c(c5c(c3cc2C)-c2ccccc2C52CCCCCCC2)C=CC(c2ccccc2)(c2ccc(N3CCOCC3)cc2)O4)cc1. The van der Waals surface area contributed by atoms with Gasteiger partial charge in [-0.25, -0.2) is 0 Å². The Morgan fingerprint density at radius 1 is 0.630 bits per heavy atom. The van der Waals surface area contributed by atoms with Crippen LogP contribution in [-0.2, 0) is 15.8 Å². The molecule has 0 radical (unpaired) electrons. The summed E-state index contributed by atoms with van der Waals surface area (Å²) in [6, 6.07) is 43.3. The summed E-state index contributed by atoms with van der Waals surface area (Å²) in [4.78, 5) is 2.42. The van der Waals surface area contributed by atoms with Gasteiger partial charge in [0, 0.05) is 46.3 Å². The number of aryl methyl sites for hydroxylation is 2. The van der Waals surface area contributed by atoms with Crippen molar-refractivity contribution in [2.75, 3.05) is 31.2 Å². The molecule has 270 valence electrons. The monoisotopic (exact) mass is 707 g/mol. The molecule has 2 fully saturated rings. The molecule has 0 aromatic heterocycles. The average molecular weight is 708 g/mol. The Morgan fingerprint density at radius 2 is 1.31 bits per heavy atom. The zero-order chi connectivity index (χ0) is 36.3. The predicted molar refractivity (Wildman–Crippen MR) is 224 cm³/mol. The van der Waals surface area contributed by atoms with Gasteiger partial charge in [-0.2, -0.15) is 0 Å². The van der Waals surface area contributed by atoms with E-state index >= 15 is 0 Å². The highest BCUT2D eigenvalue weighted by Crippen LogP contribution is 2.62. The Hall–Kier alpha value is -5.12. The summed E-state index contributed by atoms with van der Waals surface area (Å²) in [6.07, 6.45) is 13.6. The van der Waals surface area contributed by atoms with Crippen molar-refractivity contribution in [2.45, 2.75) is 69.8 Å². The van der Waals surface area contributed by atoms with Gasteiger partial charge < -0.3 is 14.4 Å². The van der Waals surface area contributed by atoms with Crippen LogP contribution in [0, 0.1) is 13.8 Å². The van der Waals surface area contributed by atoms with Crippen molar-refractivity contribution in [2.24, 2.45) is 0 Å². The third-order valence-electron chi connectivity index (χ3n) is 13.0. The highest BCUT2D eigenvalue weighted by Gasteiger charge is 2.48. The second-order valence-electron chi connectivity index (χ2n) is 16.2. The van der Waals surface area contributed by atoms with E-state index in [0.717, 1.165) is 43.2 Å². The maximum atomic E-state index is 7.83. The van der Waals surface area contributed by atoms with E-state index in [2.05, 4.69) is 146 Å². The van der Waals surface area contributed by atoms with Crippen LogP contribution < -0.4 is 9.64 Å². The lowest BCUT2D eigenvalue weighted by Gasteiger charge is -2.40. The van der Waals surface area contributed by atoms with Crippen molar-refractivity contribution in [3.63, 3.8) is 0 Å². The summed E-state index contributed by atoms with van der Waals surface area (Å²) in [6.45, 7) is 7.82. The summed E-state index contributed by atoms with van der Waals surface area (Å²) < 4.78 is 13.5. The highest BCUT2D eigenvalue weighted by molar-refractivity contribution is 6.10. The molecule has 1 saturated heterocycles. The first-order valence-electron chi connectivity index (χ1n) is 20.2. The van der Waals surface area contributed by atoms with Crippen LogP contribution >= 0.6 is 0 Å². The molecule has 6 aromatic carbocycles. The molecule has 1 saturated carbocycles. The molecule has 1 atom stereocenters. The van der Waals surface area contributed by atoms with Crippen molar-refractivity contribution in [3.8, 4) is 28.0 Å². The Morgan fingerprint density at radius 3 is 2.07 bits per heavy atom. The number of morpholine rings is 1. The number of nitrogens with zero attached hydrogens (tertiary/aromatic N) is 1. The molecule has 0 N–H and O–H groups in total. The molecule has 10 rings (SSSR count). The lowest BCUT2D eigenvalue weighted by atomic mass is 9.67. The normalized spacial score (nSPS) is 20.1. The van der Waals surface area contributed by atoms with Crippen LogP contribution in [0.1, 0.15) is 83.9 Å². The first-order chi connectivity index (χ1) is 26.6. The van der Waals surface area contributed by atoms with Crippen LogP contribution in [0.15, 0.2) is 121 Å². The lowest BCUT2D eigenvalue weighted by molar-refractivity contribution is 0.122. The Balaban J connectivity index is 1.25. The van der Waals surface area contributed by atoms with Crippen molar-refractivity contribution in [1.82, 2.24) is 0 Å². The van der Waals surface area contributed by atoms with E-state index in [1.807, 2.05) is 0 Å². The quantitative estimate of drug-likeness (QED) is 0.182. The van der Waals surface area contributed by atoms with Crippen LogP contribution in [0.5, 0.6) is 5.75 Å². The van der Waals surface area contributed by atoms with Crippen molar-refractivity contribution >= 4 is 22.5 Å². The molecule has 2 heterocycles. The number of hydrogen-bond donors (Lipinski definition) is 0. The van der Waals surface area contributed by atoms with Gasteiger partial charge in [-0.15, -0.1) is 0 Å². The van der Waals surface area contributed by atoms with Crippen LogP contribution in [0.4, 0.5) is 5.69 Å². The number of rotatable bonds is 4. The van der Waals surface area contributed by atoms with Crippen LogP contribution in [0.25, 0.3) is 39.1 Å². The number of hydrogen-bond acceptors (Lipinski definition) is 3. The average Bonchev–Trinajstić information content (AvgIpc) is 3.50. The molecule has 2 aliphatic carbocycles. The third kappa shape index (κ3) is 5.27. The lowest BCUT2D eigenvalue weighted by Crippen LogP contribution is -2.37. The summed E-state index contributed by atoms with van der Waals surface area (Å²) in [5, 5.41) is 2.50. The van der Waals surface area contributed by atoms with Gasteiger partial charge >= 0.3 is 0 Å². The minimum Gasteiger partial charge on any atom is -0.472 e. The van der Waals surface area contributed by atoms with Gasteiger partial charge in [0.1, 0.15) is 5.75 Å². The standard InChI is InChI=1S/C51H49NO2/c1-35-17-19-37(20-18-35)43-34-45-44(33-36(43)2)47-41-15-9-10-16-46(41)50(26-11-4-3-5-12-27-50)48(47)42-25-28-51(54-49(42)45,38-13-7-6-8-14-38)39-21-23-40(24-22-39)52-29-31-53-32-30-52/h6-10,13-25,28,33-34H,3-5,11-12,26-27,29-32H2,1-2H3. The maximum Gasteiger partial charge on any atom is 0.178 e. The molecule has 4 aliphatic rings. The summed E-state index contributed by atoms with van der Waals surface area (Å²) in [5.74, 6) is 1.01. The van der Waals surface area contributed by atoms with E-state index in [1.54, 1.807) is 0 Å². The van der Waals surface area contributed by atoms with Gasteiger partial charge in [-0.05, 0) is 95.3 Å². The second-order valence-corrected chi connectivity index (χ2v) is 16.2. The van der Waals surface area contributed by atoms with Crippen molar-refractivity contribution in [3.05, 3.63) is 160 Å². The number of fused-ring (bicyclic) bond motifs is 10. The van der Waals surface area contributed by atoms with Gasteiger partial charge in [0.2, 0.25) is 0 Å². The zero-order valence-electron chi connectivity index (χ0n) is 31.7. The van der Waals surface area contributed by atoms with Crippen LogP contribution in [0.3, 0.4) is 0 Å². The third-order valence-corrected chi connectivity index (χ3v) is 13.0. The number of anilines is 1. The molecule has 2 aliphatic heterocycles. The predicted octanol–water partition coefficient (Wildman–Crippen LogP) is 12.3. The Kier molecular flexibility index (Phi) is 8.25. The minimum atomic E-state index is -0.798. The van der Waals surface area contributed by atoms with E-state index in [9.17, 15) is 0 Å². The summed E-state index contributed by atoms with van der Waals surface area (Å²) in [7, 11) is 0. The van der Waals surface area contributed by atoms with Gasteiger partial charge in [0.25, 0.3) is 0 Å². The van der Waals surface area contributed by atoms with E-state index in [1.165, 1.54) is 111 Å². The number of benzene rings is 6. The molecule has 54 heavy (non-hydrogen) atoms. The van der Waals surface area contributed by atoms with Gasteiger partial charge in [-0.3, -0.25) is 0 Å². The van der Waals surface area contributed by atoms with E-state index in [-0.39, 0.29) is 5.41 Å². The van der Waals surface area contributed by atoms with Crippen molar-refractivity contribution in [1.29, 1.82) is 0 Å². The van der Waals surface area contributed by atoms with Crippen molar-refractivity contribution < 1.29 is 9.47 Å². The highest BCUT2D eigenvalue weighted by atomic mass is 16.5. The fraction of sp³-hybridized carbons (Fsp3) is 0.294. The Labute approximate surface area is 320 Å².